The molecule has 7 nitrogen and oxygen atoms in total. The van der Waals surface area contributed by atoms with E-state index >= 15 is 0 Å². The van der Waals surface area contributed by atoms with Crippen molar-refractivity contribution in [1.29, 1.82) is 0 Å². The van der Waals surface area contributed by atoms with Crippen molar-refractivity contribution in [1.82, 2.24) is 20.4 Å². The number of piperidine rings is 1. The van der Waals surface area contributed by atoms with E-state index in [0.29, 0.717) is 45.0 Å². The lowest BCUT2D eigenvalue weighted by Crippen LogP contribution is -2.65. The number of amides is 2. The molecule has 3 saturated heterocycles. The van der Waals surface area contributed by atoms with E-state index in [1.165, 1.54) is 30.0 Å². The fourth-order valence-electron chi connectivity index (χ4n) is 5.19. The van der Waals surface area contributed by atoms with Gasteiger partial charge < -0.3 is 15.1 Å². The summed E-state index contributed by atoms with van der Waals surface area (Å²) in [7, 11) is 0. The van der Waals surface area contributed by atoms with Crippen LogP contribution in [0.5, 0.6) is 0 Å². The molecule has 5 rings (SSSR count). The van der Waals surface area contributed by atoms with E-state index in [1.807, 2.05) is 15.9 Å². The first kappa shape index (κ1) is 25.0. The molecule has 3 unspecified atom stereocenters. The summed E-state index contributed by atoms with van der Waals surface area (Å²) < 4.78 is 27.2. The number of carbonyl (C=O) groups excluding carboxylic acids is 2. The fraction of sp³-hybridized carbons (Fsp3) is 0.462. The number of thioether (sulfide) groups is 1. The zero-order valence-electron chi connectivity index (χ0n) is 20.0. The van der Waals surface area contributed by atoms with E-state index < -0.39 is 0 Å². The molecular formula is C26H31F2N5O2S. The largest absolute Gasteiger partial charge is 0.366 e. The van der Waals surface area contributed by atoms with E-state index in [1.54, 1.807) is 24.3 Å². The smallest absolute Gasteiger partial charge is 0.232 e. The van der Waals surface area contributed by atoms with Crippen LogP contribution in [0.25, 0.3) is 0 Å². The summed E-state index contributed by atoms with van der Waals surface area (Å²) in [5.41, 5.74) is 1.30. The molecule has 2 aromatic carbocycles. The molecule has 192 valence electrons. The van der Waals surface area contributed by atoms with E-state index in [-0.39, 0.29) is 46.7 Å². The third-order valence-electron chi connectivity index (χ3n) is 7.19. The Morgan fingerprint density at radius 2 is 1.75 bits per heavy atom. The normalized spacial score (nSPS) is 24.8. The monoisotopic (exact) mass is 515 g/mol. The highest BCUT2D eigenvalue weighted by Crippen LogP contribution is 2.26. The van der Waals surface area contributed by atoms with Crippen LogP contribution >= 0.6 is 11.8 Å². The average molecular weight is 516 g/mol. The van der Waals surface area contributed by atoms with Crippen molar-refractivity contribution < 1.29 is 18.4 Å². The summed E-state index contributed by atoms with van der Waals surface area (Å²) in [5, 5.41) is 6.52. The summed E-state index contributed by atoms with van der Waals surface area (Å²) >= 11 is 1.41. The third-order valence-corrected chi connectivity index (χ3v) is 8.19. The summed E-state index contributed by atoms with van der Waals surface area (Å²) in [6.07, 6.45) is 0.836. The van der Waals surface area contributed by atoms with Crippen LogP contribution in [-0.4, -0.2) is 78.2 Å². The molecule has 0 aromatic heterocycles. The summed E-state index contributed by atoms with van der Waals surface area (Å²) in [4.78, 5) is 31.7. The molecule has 3 heterocycles. The number of fused-ring (bicyclic) bond motifs is 1. The van der Waals surface area contributed by atoms with Gasteiger partial charge in [-0.15, -0.1) is 11.8 Å². The van der Waals surface area contributed by atoms with Crippen LogP contribution in [-0.2, 0) is 16.1 Å². The Balaban J connectivity index is 1.06. The second kappa shape index (κ2) is 11.1. The van der Waals surface area contributed by atoms with Crippen LogP contribution in [0, 0.1) is 17.6 Å². The molecule has 0 bridgehead atoms. The first-order valence-corrected chi connectivity index (χ1v) is 13.4. The van der Waals surface area contributed by atoms with Crippen molar-refractivity contribution in [2.24, 2.45) is 5.92 Å². The number of nitrogens with one attached hydrogen (secondary N) is 2. The molecule has 2 amide bonds. The maximum absolute atomic E-state index is 14.1. The Morgan fingerprint density at radius 1 is 1.00 bits per heavy atom. The molecule has 0 spiro atoms. The minimum atomic E-state index is -0.300. The van der Waals surface area contributed by atoms with E-state index in [4.69, 9.17) is 0 Å². The predicted octanol–water partition coefficient (Wildman–Crippen LogP) is 2.24. The topological polar surface area (TPSA) is 67.9 Å². The molecule has 0 aliphatic carbocycles. The van der Waals surface area contributed by atoms with Crippen molar-refractivity contribution in [2.45, 2.75) is 24.5 Å². The molecular weight excluding hydrogens is 484 g/mol. The summed E-state index contributed by atoms with van der Waals surface area (Å²) in [6.45, 7) is 4.46. The van der Waals surface area contributed by atoms with Gasteiger partial charge in [-0.3, -0.25) is 19.8 Å². The fourth-order valence-corrected chi connectivity index (χ4v) is 6.15. The molecule has 0 saturated carbocycles. The molecule has 3 fully saturated rings. The summed E-state index contributed by atoms with van der Waals surface area (Å²) in [6, 6.07) is 13.3. The maximum atomic E-state index is 14.1. The van der Waals surface area contributed by atoms with Gasteiger partial charge in [0.1, 0.15) is 17.1 Å². The molecule has 2 aromatic rings. The SMILES string of the molecule is O=C1NC(SCC(=O)N2CCN(c3ccccc3F)CC2)NC2CCN(Cc3ccc(F)cc3)CC12. The third kappa shape index (κ3) is 5.82. The lowest BCUT2D eigenvalue weighted by atomic mass is 9.89. The van der Waals surface area contributed by atoms with Crippen molar-refractivity contribution in [3.63, 3.8) is 0 Å². The highest BCUT2D eigenvalue weighted by atomic mass is 32.2. The molecule has 3 aliphatic heterocycles. The molecule has 2 N–H and O–H groups in total. The van der Waals surface area contributed by atoms with Gasteiger partial charge in [-0.2, -0.15) is 0 Å². The zero-order chi connectivity index (χ0) is 25.1. The molecule has 3 atom stereocenters. The molecule has 10 heteroatoms. The number of carbonyl (C=O) groups is 2. The Kier molecular flexibility index (Phi) is 7.73. The van der Waals surface area contributed by atoms with Gasteiger partial charge in [0, 0.05) is 51.9 Å². The number of nitrogens with zero attached hydrogens (tertiary/aromatic N) is 3. The highest BCUT2D eigenvalue weighted by molar-refractivity contribution is 8.00. The van der Waals surface area contributed by atoms with Gasteiger partial charge in [-0.25, -0.2) is 8.78 Å². The van der Waals surface area contributed by atoms with Crippen LogP contribution < -0.4 is 15.5 Å². The molecule has 3 aliphatic rings. The van der Waals surface area contributed by atoms with Crippen molar-refractivity contribution >= 4 is 29.3 Å². The Hall–Kier alpha value is -2.69. The quantitative estimate of drug-likeness (QED) is 0.615. The lowest BCUT2D eigenvalue weighted by molar-refractivity contribution is -0.131. The van der Waals surface area contributed by atoms with Crippen LogP contribution in [0.4, 0.5) is 14.5 Å². The molecule has 0 radical (unpaired) electrons. The zero-order valence-corrected chi connectivity index (χ0v) is 20.9. The second-order valence-corrected chi connectivity index (χ2v) is 10.6. The van der Waals surface area contributed by atoms with Crippen LogP contribution in [0.15, 0.2) is 48.5 Å². The van der Waals surface area contributed by atoms with Gasteiger partial charge in [0.25, 0.3) is 0 Å². The predicted molar refractivity (Wildman–Crippen MR) is 136 cm³/mol. The minimum Gasteiger partial charge on any atom is -0.366 e. The average Bonchev–Trinajstić information content (AvgIpc) is 2.89. The molecule has 36 heavy (non-hydrogen) atoms. The van der Waals surface area contributed by atoms with Gasteiger partial charge in [0.15, 0.2) is 0 Å². The van der Waals surface area contributed by atoms with Gasteiger partial charge >= 0.3 is 0 Å². The van der Waals surface area contributed by atoms with Crippen molar-refractivity contribution in [3.8, 4) is 0 Å². The number of hydrogen-bond acceptors (Lipinski definition) is 6. The first-order valence-electron chi connectivity index (χ1n) is 12.4. The van der Waals surface area contributed by atoms with Gasteiger partial charge in [0.2, 0.25) is 11.8 Å². The standard InChI is InChI=1S/C26H31F2N5O2S/c27-19-7-5-18(6-8-19)15-31-10-9-22-20(16-31)25(35)30-26(29-22)36-17-24(34)33-13-11-32(12-14-33)23-4-2-1-3-21(23)28/h1-8,20,22,26,29H,9-17H2,(H,30,35). The van der Waals surface area contributed by atoms with Gasteiger partial charge in [-0.1, -0.05) is 24.3 Å². The lowest BCUT2D eigenvalue weighted by Gasteiger charge is -2.43. The van der Waals surface area contributed by atoms with E-state index in [9.17, 15) is 18.4 Å². The second-order valence-electron chi connectivity index (χ2n) is 9.55. The highest BCUT2D eigenvalue weighted by Gasteiger charge is 2.40. The van der Waals surface area contributed by atoms with Crippen LogP contribution in [0.2, 0.25) is 0 Å². The minimum absolute atomic E-state index is 0.00556. The maximum Gasteiger partial charge on any atom is 0.232 e. The Bertz CT molecular complexity index is 1080. The van der Waals surface area contributed by atoms with Gasteiger partial charge in [-0.05, 0) is 36.2 Å². The number of halogens is 2. The summed E-state index contributed by atoms with van der Waals surface area (Å²) in [5.74, 6) is -0.345. The van der Waals surface area contributed by atoms with Crippen LogP contribution in [0.1, 0.15) is 12.0 Å². The Labute approximate surface area is 214 Å². The number of para-hydroxylation sites is 1. The number of rotatable bonds is 6. The van der Waals surface area contributed by atoms with E-state index in [0.717, 1.165) is 18.5 Å². The Morgan fingerprint density at radius 3 is 2.50 bits per heavy atom. The van der Waals surface area contributed by atoms with Crippen molar-refractivity contribution in [2.75, 3.05) is 49.9 Å². The number of hydrogen-bond donors (Lipinski definition) is 2. The van der Waals surface area contributed by atoms with E-state index in [2.05, 4.69) is 15.5 Å². The number of anilines is 1. The first-order chi connectivity index (χ1) is 17.5. The van der Waals surface area contributed by atoms with Gasteiger partial charge in [0.05, 0.1) is 17.4 Å². The van der Waals surface area contributed by atoms with Crippen LogP contribution in [0.3, 0.4) is 0 Å². The van der Waals surface area contributed by atoms with Crippen molar-refractivity contribution in [3.05, 3.63) is 65.7 Å². The number of likely N-dealkylation sites (tertiary alicyclic amines) is 1. The number of benzene rings is 2. The number of piperazine rings is 1.